The van der Waals surface area contributed by atoms with Crippen molar-refractivity contribution in [3.8, 4) is 0 Å². The highest BCUT2D eigenvalue weighted by Crippen LogP contribution is 2.22. The lowest BCUT2D eigenvalue weighted by Crippen LogP contribution is -2.44. The summed E-state index contributed by atoms with van der Waals surface area (Å²) in [6, 6.07) is 8.66. The highest BCUT2D eigenvalue weighted by molar-refractivity contribution is 5.79. The van der Waals surface area contributed by atoms with Crippen molar-refractivity contribution < 1.29 is 13.9 Å². The van der Waals surface area contributed by atoms with Crippen molar-refractivity contribution in [2.75, 3.05) is 32.1 Å². The predicted molar refractivity (Wildman–Crippen MR) is 107 cm³/mol. The molecule has 2 rings (SSSR count). The van der Waals surface area contributed by atoms with Gasteiger partial charge in [0.2, 0.25) is 0 Å². The second kappa shape index (κ2) is 8.90. The Morgan fingerprint density at radius 1 is 1.26 bits per heavy atom. The van der Waals surface area contributed by atoms with Crippen LogP contribution in [0.3, 0.4) is 0 Å². The maximum atomic E-state index is 14.1. The molecule has 3 N–H and O–H groups in total. The zero-order chi connectivity index (χ0) is 20.0. The first-order valence-electron chi connectivity index (χ1n) is 9.00. The molecule has 0 radical (unpaired) electrons. The predicted octanol–water partition coefficient (Wildman–Crippen LogP) is 2.76. The van der Waals surface area contributed by atoms with Gasteiger partial charge in [0.1, 0.15) is 22.9 Å². The Labute approximate surface area is 160 Å². The van der Waals surface area contributed by atoms with E-state index in [1.807, 2.05) is 26.0 Å². The van der Waals surface area contributed by atoms with Crippen LogP contribution in [0.5, 0.6) is 0 Å². The van der Waals surface area contributed by atoms with E-state index in [2.05, 4.69) is 15.6 Å². The average molecular weight is 376 g/mol. The van der Waals surface area contributed by atoms with E-state index in [1.165, 1.54) is 6.07 Å². The van der Waals surface area contributed by atoms with E-state index in [0.717, 1.165) is 11.3 Å². The Hall–Kier alpha value is -2.54. The zero-order valence-electron chi connectivity index (χ0n) is 16.6. The number of hydrogen-bond acceptors (Lipinski definition) is 4. The van der Waals surface area contributed by atoms with E-state index in [1.54, 1.807) is 38.1 Å². The second-order valence-corrected chi connectivity index (χ2v) is 6.91. The van der Waals surface area contributed by atoms with E-state index < -0.39 is 5.60 Å². The fourth-order valence-electron chi connectivity index (χ4n) is 2.59. The van der Waals surface area contributed by atoms with Gasteiger partial charge in [-0.2, -0.15) is 0 Å². The average Bonchev–Trinajstić information content (AvgIpc) is 3.04. The number of benzene rings is 1. The lowest BCUT2D eigenvalue weighted by atomic mass is 10.0. The minimum atomic E-state index is -1.18. The minimum Gasteiger partial charge on any atom is -0.463 e. The number of hydrogen-bond donors (Lipinski definition) is 3. The molecule has 6 nitrogen and oxygen atoms in total. The number of aryl methyl sites for hydroxylation is 1. The standard InChI is InChI=1S/C20H29FN4O2/c1-6-22-19(24-13-20(3,26)18-10-7-14(2)27-18)23-12-15-8-9-17(25(4)5)16(21)11-15/h7-11,26H,6,12-13H2,1-5H3,(H2,22,23,24). The van der Waals surface area contributed by atoms with Crippen molar-refractivity contribution in [1.82, 2.24) is 10.6 Å². The SMILES string of the molecule is CCNC(=NCc1ccc(N(C)C)c(F)c1)NCC(C)(O)c1ccc(C)o1. The molecule has 1 atom stereocenters. The number of guanidine groups is 1. The third-order valence-corrected chi connectivity index (χ3v) is 4.13. The fraction of sp³-hybridized carbons (Fsp3) is 0.450. The number of anilines is 1. The van der Waals surface area contributed by atoms with Crippen molar-refractivity contribution in [2.24, 2.45) is 4.99 Å². The van der Waals surface area contributed by atoms with Gasteiger partial charge >= 0.3 is 0 Å². The molecule has 0 aliphatic heterocycles. The molecule has 0 saturated carbocycles. The Bertz CT molecular complexity index is 784. The summed E-state index contributed by atoms with van der Waals surface area (Å²) in [6.45, 7) is 6.68. The van der Waals surface area contributed by atoms with E-state index in [9.17, 15) is 9.50 Å². The summed E-state index contributed by atoms with van der Waals surface area (Å²) in [5, 5.41) is 16.9. The van der Waals surface area contributed by atoms with Gasteiger partial charge < -0.3 is 25.1 Å². The molecular formula is C20H29FN4O2. The summed E-state index contributed by atoms with van der Waals surface area (Å²) < 4.78 is 19.6. The second-order valence-electron chi connectivity index (χ2n) is 6.91. The molecular weight excluding hydrogens is 347 g/mol. The van der Waals surface area contributed by atoms with Gasteiger partial charge in [0, 0.05) is 20.6 Å². The topological polar surface area (TPSA) is 73.0 Å². The van der Waals surface area contributed by atoms with Gasteiger partial charge in [0.15, 0.2) is 5.96 Å². The maximum absolute atomic E-state index is 14.1. The third-order valence-electron chi connectivity index (χ3n) is 4.13. The first-order chi connectivity index (χ1) is 12.7. The van der Waals surface area contributed by atoms with Crippen LogP contribution in [0.2, 0.25) is 0 Å². The van der Waals surface area contributed by atoms with E-state index in [-0.39, 0.29) is 12.4 Å². The van der Waals surface area contributed by atoms with Gasteiger partial charge in [-0.05, 0) is 50.6 Å². The Balaban J connectivity index is 2.04. The summed E-state index contributed by atoms with van der Waals surface area (Å²) in [7, 11) is 3.60. The molecule has 0 bridgehead atoms. The number of halogens is 1. The number of furan rings is 1. The lowest BCUT2D eigenvalue weighted by molar-refractivity contribution is 0.0378. The van der Waals surface area contributed by atoms with Crippen LogP contribution in [0.25, 0.3) is 0 Å². The smallest absolute Gasteiger partial charge is 0.191 e. The highest BCUT2D eigenvalue weighted by atomic mass is 19.1. The Morgan fingerprint density at radius 2 is 2.00 bits per heavy atom. The van der Waals surface area contributed by atoms with Crippen LogP contribution in [-0.2, 0) is 12.1 Å². The number of nitrogens with one attached hydrogen (secondary N) is 2. The Kier molecular flexibility index (Phi) is 6.85. The molecule has 1 aromatic heterocycles. The highest BCUT2D eigenvalue weighted by Gasteiger charge is 2.27. The molecule has 0 aliphatic carbocycles. The van der Waals surface area contributed by atoms with Crippen LogP contribution in [0, 0.1) is 12.7 Å². The van der Waals surface area contributed by atoms with Crippen molar-refractivity contribution in [3.63, 3.8) is 0 Å². The molecule has 27 heavy (non-hydrogen) atoms. The monoisotopic (exact) mass is 376 g/mol. The summed E-state index contributed by atoms with van der Waals surface area (Å²) in [5.74, 6) is 1.50. The summed E-state index contributed by atoms with van der Waals surface area (Å²) in [6.07, 6.45) is 0. The molecule has 1 heterocycles. The van der Waals surface area contributed by atoms with Crippen LogP contribution in [0.15, 0.2) is 39.7 Å². The van der Waals surface area contributed by atoms with E-state index in [0.29, 0.717) is 30.5 Å². The van der Waals surface area contributed by atoms with Crippen LogP contribution in [0.4, 0.5) is 10.1 Å². The minimum absolute atomic E-state index is 0.222. The molecule has 0 amide bonds. The van der Waals surface area contributed by atoms with Crippen molar-refractivity contribution >= 4 is 11.6 Å². The largest absolute Gasteiger partial charge is 0.463 e. The molecule has 1 aromatic carbocycles. The van der Waals surface area contributed by atoms with Crippen molar-refractivity contribution in [2.45, 2.75) is 32.9 Å². The zero-order valence-corrected chi connectivity index (χ0v) is 16.6. The van der Waals surface area contributed by atoms with E-state index in [4.69, 9.17) is 4.42 Å². The molecule has 0 fully saturated rings. The van der Waals surface area contributed by atoms with Crippen LogP contribution < -0.4 is 15.5 Å². The fourth-order valence-corrected chi connectivity index (χ4v) is 2.59. The van der Waals surface area contributed by atoms with Crippen molar-refractivity contribution in [3.05, 3.63) is 53.2 Å². The molecule has 0 saturated heterocycles. The van der Waals surface area contributed by atoms with E-state index >= 15 is 0 Å². The normalized spacial score (nSPS) is 14.0. The summed E-state index contributed by atoms with van der Waals surface area (Å²) in [4.78, 5) is 6.20. The molecule has 2 aromatic rings. The number of aliphatic hydroxyl groups is 1. The number of rotatable bonds is 7. The quantitative estimate of drug-likeness (QED) is 0.512. The first kappa shape index (κ1) is 20.8. The molecule has 0 spiro atoms. The van der Waals surface area contributed by atoms with Gasteiger partial charge in [0.05, 0.1) is 18.8 Å². The van der Waals surface area contributed by atoms with Gasteiger partial charge in [-0.1, -0.05) is 6.07 Å². The molecule has 148 valence electrons. The van der Waals surface area contributed by atoms with Gasteiger partial charge in [-0.3, -0.25) is 0 Å². The first-order valence-corrected chi connectivity index (χ1v) is 9.00. The van der Waals surface area contributed by atoms with Gasteiger partial charge in [-0.15, -0.1) is 0 Å². The molecule has 1 unspecified atom stereocenters. The van der Waals surface area contributed by atoms with Crippen LogP contribution in [-0.4, -0.2) is 38.3 Å². The lowest BCUT2D eigenvalue weighted by Gasteiger charge is -2.23. The number of aliphatic imine (C=N–C) groups is 1. The molecule has 7 heteroatoms. The molecule has 0 aliphatic rings. The number of nitrogens with zero attached hydrogens (tertiary/aromatic N) is 2. The maximum Gasteiger partial charge on any atom is 0.191 e. The van der Waals surface area contributed by atoms with Gasteiger partial charge in [-0.25, -0.2) is 9.38 Å². The third kappa shape index (κ3) is 5.72. The van der Waals surface area contributed by atoms with Gasteiger partial charge in [0.25, 0.3) is 0 Å². The van der Waals surface area contributed by atoms with Crippen molar-refractivity contribution in [1.29, 1.82) is 0 Å². The Morgan fingerprint density at radius 3 is 2.56 bits per heavy atom. The van der Waals surface area contributed by atoms with Crippen LogP contribution in [0.1, 0.15) is 30.9 Å². The summed E-state index contributed by atoms with van der Waals surface area (Å²) in [5.41, 5.74) is 0.130. The summed E-state index contributed by atoms with van der Waals surface area (Å²) >= 11 is 0. The van der Waals surface area contributed by atoms with Crippen LogP contribution >= 0.6 is 0 Å².